The first-order valence-electron chi connectivity index (χ1n) is 10.8. The van der Waals surface area contributed by atoms with Crippen LogP contribution < -0.4 is 13.8 Å². The predicted octanol–water partition coefficient (Wildman–Crippen LogP) is 4.85. The van der Waals surface area contributed by atoms with E-state index in [9.17, 15) is 26.4 Å². The third kappa shape index (κ3) is 5.12. The van der Waals surface area contributed by atoms with E-state index < -0.39 is 33.7 Å². The van der Waals surface area contributed by atoms with Gasteiger partial charge in [-0.1, -0.05) is 30.3 Å². The van der Waals surface area contributed by atoms with Crippen LogP contribution in [-0.2, 0) is 21.3 Å². The quantitative estimate of drug-likeness (QED) is 0.523. The zero-order chi connectivity index (χ0) is 26.0. The highest BCUT2D eigenvalue weighted by atomic mass is 32.2. The Bertz CT molecular complexity index is 1160. The molecule has 12 heteroatoms. The number of alkyl halides is 3. The lowest BCUT2D eigenvalue weighted by Crippen LogP contribution is -2.51. The summed E-state index contributed by atoms with van der Waals surface area (Å²) in [6, 6.07) is 9.65. The molecule has 0 aromatic heterocycles. The van der Waals surface area contributed by atoms with E-state index in [1.165, 1.54) is 38.2 Å². The molecule has 0 aliphatic carbocycles. The van der Waals surface area contributed by atoms with E-state index in [0.717, 1.165) is 5.56 Å². The van der Waals surface area contributed by atoms with Gasteiger partial charge in [-0.05, 0) is 31.9 Å². The van der Waals surface area contributed by atoms with Crippen molar-refractivity contribution >= 4 is 21.8 Å². The van der Waals surface area contributed by atoms with Gasteiger partial charge in [0.1, 0.15) is 0 Å². The summed E-state index contributed by atoms with van der Waals surface area (Å²) in [5.41, 5.74) is -4.84. The van der Waals surface area contributed by atoms with Crippen molar-refractivity contribution in [3.8, 4) is 11.5 Å². The molecular formula is C23H27F3N2O6S. The summed E-state index contributed by atoms with van der Waals surface area (Å²) in [4.78, 5) is 14.4. The van der Waals surface area contributed by atoms with Gasteiger partial charge in [0.05, 0.1) is 32.6 Å². The summed E-state index contributed by atoms with van der Waals surface area (Å²) < 4.78 is 82.1. The Morgan fingerprint density at radius 1 is 1.11 bits per heavy atom. The number of benzene rings is 2. The average molecular weight is 517 g/mol. The number of carbonyl (C=O) groups is 1. The number of rotatable bonds is 7. The molecule has 0 saturated heterocycles. The minimum absolute atomic E-state index is 0.0484. The first-order valence-corrected chi connectivity index (χ1v) is 12.2. The first kappa shape index (κ1) is 26.5. The highest BCUT2D eigenvalue weighted by Gasteiger charge is 2.54. The van der Waals surface area contributed by atoms with E-state index in [1.54, 1.807) is 31.2 Å². The second kappa shape index (κ2) is 10.2. The number of anilines is 1. The van der Waals surface area contributed by atoms with Gasteiger partial charge < -0.3 is 14.2 Å². The number of ether oxygens (including phenoxy) is 3. The Morgan fingerprint density at radius 3 is 2.26 bits per heavy atom. The van der Waals surface area contributed by atoms with E-state index in [4.69, 9.17) is 14.2 Å². The van der Waals surface area contributed by atoms with Crippen LogP contribution in [0.3, 0.4) is 0 Å². The van der Waals surface area contributed by atoms with Gasteiger partial charge in [-0.15, -0.1) is 0 Å². The summed E-state index contributed by atoms with van der Waals surface area (Å²) in [6.07, 6.45) is -0.787. The molecule has 8 nitrogen and oxygen atoms in total. The Balaban J connectivity index is 2.23. The smallest absolute Gasteiger partial charge is 0.493 e. The van der Waals surface area contributed by atoms with Crippen molar-refractivity contribution in [3.63, 3.8) is 0 Å². The third-order valence-electron chi connectivity index (χ3n) is 5.72. The summed E-state index contributed by atoms with van der Waals surface area (Å²) in [5, 5.41) is 0. The highest BCUT2D eigenvalue weighted by molar-refractivity contribution is 7.93. The Kier molecular flexibility index (Phi) is 7.73. The van der Waals surface area contributed by atoms with Crippen molar-refractivity contribution in [1.82, 2.24) is 4.90 Å². The molecule has 1 aliphatic heterocycles. The third-order valence-corrected chi connectivity index (χ3v) is 7.38. The molecule has 0 bridgehead atoms. The summed E-state index contributed by atoms with van der Waals surface area (Å²) in [5.74, 6) is 0.228. The normalized spacial score (nSPS) is 18.0. The van der Waals surface area contributed by atoms with Crippen LogP contribution in [0.5, 0.6) is 11.5 Å². The van der Waals surface area contributed by atoms with E-state index >= 15 is 0 Å². The first-order chi connectivity index (χ1) is 16.5. The van der Waals surface area contributed by atoms with Crippen molar-refractivity contribution in [3.05, 3.63) is 53.6 Å². The van der Waals surface area contributed by atoms with Crippen LogP contribution in [0.25, 0.3) is 0 Å². The van der Waals surface area contributed by atoms with Gasteiger partial charge in [-0.2, -0.15) is 21.6 Å². The lowest BCUT2D eigenvalue weighted by Gasteiger charge is -2.43. The maximum Gasteiger partial charge on any atom is 0.516 e. The topological polar surface area (TPSA) is 85.4 Å². The minimum Gasteiger partial charge on any atom is -0.493 e. The predicted molar refractivity (Wildman–Crippen MR) is 123 cm³/mol. The van der Waals surface area contributed by atoms with Gasteiger partial charge in [-0.3, -0.25) is 9.21 Å². The lowest BCUT2D eigenvalue weighted by molar-refractivity contribution is -0.0442. The highest BCUT2D eigenvalue weighted by Crippen LogP contribution is 2.48. The average Bonchev–Trinajstić information content (AvgIpc) is 2.81. The van der Waals surface area contributed by atoms with Gasteiger partial charge in [0, 0.05) is 24.2 Å². The number of hydrogen-bond acceptors (Lipinski definition) is 6. The van der Waals surface area contributed by atoms with Gasteiger partial charge in [-0.25, -0.2) is 4.79 Å². The van der Waals surface area contributed by atoms with Crippen molar-refractivity contribution in [2.24, 2.45) is 0 Å². The molecule has 35 heavy (non-hydrogen) atoms. The molecule has 192 valence electrons. The number of sulfonamides is 1. The molecule has 0 unspecified atom stereocenters. The number of carbonyl (C=O) groups excluding carboxylic acids is 1. The van der Waals surface area contributed by atoms with Crippen LogP contribution >= 0.6 is 0 Å². The number of methoxy groups -OCH3 is 2. The standard InChI is InChI=1S/C23H27F3N2O6S/c1-5-34-22(29)27(14-16-9-7-6-8-10-16)18-11-15(2)28(35(30,31)23(24,25)26)19-13-21(33-4)20(32-3)12-17(18)19/h6-10,12-13,15,18H,5,11,14H2,1-4H3/t15-,18+/m0/s1. The van der Waals surface area contributed by atoms with Crippen LogP contribution in [0.15, 0.2) is 42.5 Å². The zero-order valence-electron chi connectivity index (χ0n) is 19.7. The van der Waals surface area contributed by atoms with Crippen LogP contribution in [0.1, 0.15) is 37.4 Å². The summed E-state index contributed by atoms with van der Waals surface area (Å²) >= 11 is 0. The molecule has 0 saturated carbocycles. The number of nitrogens with zero attached hydrogens (tertiary/aromatic N) is 2. The van der Waals surface area contributed by atoms with E-state index in [2.05, 4.69) is 0 Å². The monoisotopic (exact) mass is 516 g/mol. The Hall–Kier alpha value is -3.15. The minimum atomic E-state index is -5.74. The molecule has 3 rings (SSSR count). The largest absolute Gasteiger partial charge is 0.516 e. The molecule has 0 radical (unpaired) electrons. The second-order valence-corrected chi connectivity index (χ2v) is 9.73. The Morgan fingerprint density at radius 2 is 1.71 bits per heavy atom. The molecule has 1 heterocycles. The van der Waals surface area contributed by atoms with Gasteiger partial charge in [0.2, 0.25) is 0 Å². The summed E-state index contributed by atoms with van der Waals surface area (Å²) in [7, 11) is -3.11. The molecule has 0 spiro atoms. The lowest BCUT2D eigenvalue weighted by atomic mass is 9.91. The molecule has 1 amide bonds. The SMILES string of the molecule is CCOC(=O)N(Cc1ccccc1)[C@@H]1C[C@H](C)N(S(=O)(=O)C(F)(F)F)c2cc(OC)c(OC)cc21. The summed E-state index contributed by atoms with van der Waals surface area (Å²) in [6.45, 7) is 3.18. The zero-order valence-corrected chi connectivity index (χ0v) is 20.5. The number of halogens is 3. The van der Waals surface area contributed by atoms with Crippen molar-refractivity contribution in [2.75, 3.05) is 25.1 Å². The Labute approximate surface area is 202 Å². The van der Waals surface area contributed by atoms with Crippen LogP contribution in [0, 0.1) is 0 Å². The maximum absolute atomic E-state index is 13.6. The molecule has 2 aromatic carbocycles. The maximum atomic E-state index is 13.6. The second-order valence-electron chi connectivity index (χ2n) is 7.93. The van der Waals surface area contributed by atoms with Gasteiger partial charge in [0.15, 0.2) is 11.5 Å². The van der Waals surface area contributed by atoms with Crippen LogP contribution in [-0.4, -0.2) is 51.8 Å². The van der Waals surface area contributed by atoms with E-state index in [0.29, 0.717) is 4.31 Å². The number of fused-ring (bicyclic) bond motifs is 1. The van der Waals surface area contributed by atoms with Crippen molar-refractivity contribution < 1.29 is 40.6 Å². The fourth-order valence-electron chi connectivity index (χ4n) is 4.19. The van der Waals surface area contributed by atoms with Crippen LogP contribution in [0.2, 0.25) is 0 Å². The number of amides is 1. The van der Waals surface area contributed by atoms with Crippen molar-refractivity contribution in [1.29, 1.82) is 0 Å². The van der Waals surface area contributed by atoms with Crippen molar-refractivity contribution in [2.45, 2.75) is 44.4 Å². The van der Waals surface area contributed by atoms with Crippen LogP contribution in [0.4, 0.5) is 23.7 Å². The fraction of sp³-hybridized carbons (Fsp3) is 0.435. The fourth-order valence-corrected chi connectivity index (χ4v) is 5.39. The molecule has 2 aromatic rings. The van der Waals surface area contributed by atoms with Gasteiger partial charge >= 0.3 is 21.6 Å². The van der Waals surface area contributed by atoms with Gasteiger partial charge in [0.25, 0.3) is 0 Å². The van der Waals surface area contributed by atoms with E-state index in [1.807, 2.05) is 6.07 Å². The molecular weight excluding hydrogens is 489 g/mol. The molecule has 2 atom stereocenters. The molecule has 0 N–H and O–H groups in total. The molecule has 0 fully saturated rings. The number of hydrogen-bond donors (Lipinski definition) is 0. The molecule has 1 aliphatic rings. The van der Waals surface area contributed by atoms with E-state index in [-0.39, 0.29) is 42.3 Å².